The maximum atomic E-state index is 5.54. The number of rotatable bonds is 9. The molecule has 0 heterocycles. The first-order valence-electron chi connectivity index (χ1n) is 7.91. The van der Waals surface area contributed by atoms with Gasteiger partial charge in [0, 0.05) is 19.7 Å². The zero-order valence-electron chi connectivity index (χ0n) is 13.6. The van der Waals surface area contributed by atoms with E-state index in [0.29, 0.717) is 6.54 Å². The van der Waals surface area contributed by atoms with Crippen molar-refractivity contribution in [3.63, 3.8) is 0 Å². The number of unbranched alkanes of at least 4 members (excludes halogenated alkanes) is 1. The van der Waals surface area contributed by atoms with Crippen LogP contribution in [0.1, 0.15) is 37.8 Å². The minimum Gasteiger partial charge on any atom is -0.380 e. The molecule has 4 nitrogen and oxygen atoms in total. The lowest BCUT2D eigenvalue weighted by Gasteiger charge is -2.11. The molecule has 0 aliphatic carbocycles. The van der Waals surface area contributed by atoms with Crippen LogP contribution in [0.2, 0.25) is 0 Å². The molecule has 0 amide bonds. The molecule has 21 heavy (non-hydrogen) atoms. The molecule has 4 heteroatoms. The van der Waals surface area contributed by atoms with E-state index in [4.69, 9.17) is 4.74 Å². The summed E-state index contributed by atoms with van der Waals surface area (Å²) in [5, 5.41) is 6.55. The van der Waals surface area contributed by atoms with E-state index in [9.17, 15) is 0 Å². The Morgan fingerprint density at radius 2 is 2.05 bits per heavy atom. The van der Waals surface area contributed by atoms with Gasteiger partial charge in [0.15, 0.2) is 5.96 Å². The van der Waals surface area contributed by atoms with E-state index >= 15 is 0 Å². The van der Waals surface area contributed by atoms with Crippen molar-refractivity contribution >= 4 is 5.96 Å². The lowest BCUT2D eigenvalue weighted by Crippen LogP contribution is -2.39. The first kappa shape index (κ1) is 17.5. The van der Waals surface area contributed by atoms with Crippen LogP contribution in [0.3, 0.4) is 0 Å². The topological polar surface area (TPSA) is 45.6 Å². The van der Waals surface area contributed by atoms with Crippen molar-refractivity contribution in [1.29, 1.82) is 0 Å². The number of aryl methyl sites for hydroxylation is 1. The van der Waals surface area contributed by atoms with Crippen molar-refractivity contribution in [3.05, 3.63) is 35.4 Å². The van der Waals surface area contributed by atoms with Crippen LogP contribution < -0.4 is 10.6 Å². The van der Waals surface area contributed by atoms with Crippen LogP contribution in [0.5, 0.6) is 0 Å². The largest absolute Gasteiger partial charge is 0.380 e. The molecule has 1 aromatic carbocycles. The standard InChI is InChI=1S/C17H29N3O/c1-4-6-11-21-12-10-19-17(18-5-2)20-14-16-9-7-8-15(3)13-16/h7-9,13H,4-6,10-12,14H2,1-3H3,(H2,18,19,20). The van der Waals surface area contributed by atoms with E-state index in [-0.39, 0.29) is 0 Å². The molecule has 0 atom stereocenters. The Kier molecular flexibility index (Phi) is 9.29. The first-order valence-corrected chi connectivity index (χ1v) is 7.91. The van der Waals surface area contributed by atoms with Gasteiger partial charge in [-0.25, -0.2) is 4.99 Å². The SMILES string of the molecule is CCCCOCCNC(=NCc1cccc(C)c1)NCC. The molecule has 2 N–H and O–H groups in total. The van der Waals surface area contributed by atoms with Crippen molar-refractivity contribution in [2.24, 2.45) is 4.99 Å². The number of ether oxygens (including phenoxy) is 1. The molecule has 1 rings (SSSR count). The van der Waals surface area contributed by atoms with Gasteiger partial charge in [0.05, 0.1) is 13.2 Å². The van der Waals surface area contributed by atoms with Crippen LogP contribution in [0.4, 0.5) is 0 Å². The normalized spacial score (nSPS) is 11.5. The third kappa shape index (κ3) is 8.35. The highest BCUT2D eigenvalue weighted by atomic mass is 16.5. The van der Waals surface area contributed by atoms with E-state index in [0.717, 1.165) is 38.7 Å². The van der Waals surface area contributed by atoms with Gasteiger partial charge in [0.25, 0.3) is 0 Å². The van der Waals surface area contributed by atoms with Crippen LogP contribution in [0, 0.1) is 6.92 Å². The maximum absolute atomic E-state index is 5.54. The lowest BCUT2D eigenvalue weighted by atomic mass is 10.1. The molecule has 0 aliphatic rings. The van der Waals surface area contributed by atoms with E-state index in [2.05, 4.69) is 60.7 Å². The summed E-state index contributed by atoms with van der Waals surface area (Å²) >= 11 is 0. The molecule has 0 fully saturated rings. The molecular formula is C17H29N3O. The molecule has 1 aromatic rings. The monoisotopic (exact) mass is 291 g/mol. The van der Waals surface area contributed by atoms with Crippen molar-refractivity contribution in [2.75, 3.05) is 26.3 Å². The number of hydrogen-bond acceptors (Lipinski definition) is 2. The van der Waals surface area contributed by atoms with Crippen molar-refractivity contribution in [3.8, 4) is 0 Å². The Morgan fingerprint density at radius 3 is 2.76 bits per heavy atom. The fourth-order valence-electron chi connectivity index (χ4n) is 1.91. The van der Waals surface area contributed by atoms with Crippen molar-refractivity contribution in [2.45, 2.75) is 40.2 Å². The molecule has 0 spiro atoms. The second kappa shape index (κ2) is 11.1. The second-order valence-corrected chi connectivity index (χ2v) is 5.08. The Balaban J connectivity index is 2.35. The fraction of sp³-hybridized carbons (Fsp3) is 0.588. The average molecular weight is 291 g/mol. The third-order valence-corrected chi connectivity index (χ3v) is 3.03. The van der Waals surface area contributed by atoms with Crippen LogP contribution >= 0.6 is 0 Å². The predicted octanol–water partition coefficient (Wildman–Crippen LogP) is 2.87. The van der Waals surface area contributed by atoms with E-state index < -0.39 is 0 Å². The molecule has 0 radical (unpaired) electrons. The minimum absolute atomic E-state index is 0.688. The van der Waals surface area contributed by atoms with Gasteiger partial charge < -0.3 is 15.4 Å². The number of hydrogen-bond donors (Lipinski definition) is 2. The van der Waals surface area contributed by atoms with E-state index in [1.165, 1.54) is 17.5 Å². The number of aliphatic imine (C=N–C) groups is 1. The van der Waals surface area contributed by atoms with Crippen molar-refractivity contribution < 1.29 is 4.74 Å². The highest BCUT2D eigenvalue weighted by Gasteiger charge is 1.97. The van der Waals surface area contributed by atoms with E-state index in [1.807, 2.05) is 0 Å². The summed E-state index contributed by atoms with van der Waals surface area (Å²) in [6.07, 6.45) is 2.30. The van der Waals surface area contributed by atoms with Gasteiger partial charge in [-0.1, -0.05) is 43.2 Å². The van der Waals surface area contributed by atoms with Crippen LogP contribution in [-0.2, 0) is 11.3 Å². The number of nitrogens with one attached hydrogen (secondary N) is 2. The van der Waals surface area contributed by atoms with E-state index in [1.54, 1.807) is 0 Å². The number of guanidine groups is 1. The quantitative estimate of drug-likeness (QED) is 0.418. The summed E-state index contributed by atoms with van der Waals surface area (Å²) in [7, 11) is 0. The molecule has 0 bridgehead atoms. The molecule has 0 saturated carbocycles. The highest BCUT2D eigenvalue weighted by Crippen LogP contribution is 2.04. The summed E-state index contributed by atoms with van der Waals surface area (Å²) in [6.45, 7) is 10.2. The molecule has 118 valence electrons. The van der Waals surface area contributed by atoms with Gasteiger partial charge in [-0.15, -0.1) is 0 Å². The third-order valence-electron chi connectivity index (χ3n) is 3.03. The average Bonchev–Trinajstić information content (AvgIpc) is 2.48. The zero-order valence-corrected chi connectivity index (χ0v) is 13.6. The van der Waals surface area contributed by atoms with Crippen LogP contribution in [0.25, 0.3) is 0 Å². The molecular weight excluding hydrogens is 262 g/mol. The van der Waals surface area contributed by atoms with Gasteiger partial charge in [-0.2, -0.15) is 0 Å². The van der Waals surface area contributed by atoms with Crippen LogP contribution in [-0.4, -0.2) is 32.3 Å². The summed E-state index contributed by atoms with van der Waals surface area (Å²) in [5.74, 6) is 0.845. The first-order chi connectivity index (χ1) is 10.3. The molecule has 0 unspecified atom stereocenters. The summed E-state index contributed by atoms with van der Waals surface area (Å²) < 4.78 is 5.54. The zero-order chi connectivity index (χ0) is 15.3. The Morgan fingerprint density at radius 1 is 1.19 bits per heavy atom. The van der Waals surface area contributed by atoms with Gasteiger partial charge >= 0.3 is 0 Å². The molecule has 0 aliphatic heterocycles. The lowest BCUT2D eigenvalue weighted by molar-refractivity contribution is 0.136. The highest BCUT2D eigenvalue weighted by molar-refractivity contribution is 5.79. The van der Waals surface area contributed by atoms with Gasteiger partial charge in [-0.3, -0.25) is 0 Å². The number of nitrogens with zero attached hydrogens (tertiary/aromatic N) is 1. The smallest absolute Gasteiger partial charge is 0.191 e. The number of benzene rings is 1. The van der Waals surface area contributed by atoms with Gasteiger partial charge in [0.2, 0.25) is 0 Å². The van der Waals surface area contributed by atoms with Crippen molar-refractivity contribution in [1.82, 2.24) is 10.6 Å². The van der Waals surface area contributed by atoms with Gasteiger partial charge in [-0.05, 0) is 25.8 Å². The minimum atomic E-state index is 0.688. The summed E-state index contributed by atoms with van der Waals surface area (Å²) in [4.78, 5) is 4.60. The molecule has 0 saturated heterocycles. The maximum Gasteiger partial charge on any atom is 0.191 e. The predicted molar refractivity (Wildman–Crippen MR) is 89.7 cm³/mol. The summed E-state index contributed by atoms with van der Waals surface area (Å²) in [5.41, 5.74) is 2.50. The Hall–Kier alpha value is -1.55. The summed E-state index contributed by atoms with van der Waals surface area (Å²) in [6, 6.07) is 8.45. The molecule has 0 aromatic heterocycles. The second-order valence-electron chi connectivity index (χ2n) is 5.08. The van der Waals surface area contributed by atoms with Crippen LogP contribution in [0.15, 0.2) is 29.3 Å². The Labute approximate surface area is 129 Å². The Bertz CT molecular complexity index is 418. The fourth-order valence-corrected chi connectivity index (χ4v) is 1.91. The van der Waals surface area contributed by atoms with Gasteiger partial charge in [0.1, 0.15) is 0 Å².